The molecule has 0 amide bonds. The number of nitrogens with zero attached hydrogens (tertiary/aromatic N) is 2. The number of nitrogens with one attached hydrogen (secondary N) is 1. The van der Waals surface area contributed by atoms with E-state index in [-0.39, 0.29) is 27.0 Å². The van der Waals surface area contributed by atoms with Crippen molar-refractivity contribution in [3.05, 3.63) is 27.4 Å². The summed E-state index contributed by atoms with van der Waals surface area (Å²) in [4.78, 5) is 0.422. The number of nitrogens with two attached hydrogens (primary N) is 1. The van der Waals surface area contributed by atoms with E-state index in [0.717, 1.165) is 0 Å². The van der Waals surface area contributed by atoms with Gasteiger partial charge in [-0.05, 0) is 12.3 Å². The zero-order valence-corrected chi connectivity index (χ0v) is 13.2. The number of thioether (sulfide) groups is 1. The average molecular weight is 367 g/mol. The van der Waals surface area contributed by atoms with E-state index in [1.807, 2.05) is 6.07 Å². The van der Waals surface area contributed by atoms with Crippen molar-refractivity contribution < 1.29 is 13.2 Å². The van der Waals surface area contributed by atoms with Crippen molar-refractivity contribution in [3.8, 4) is 17.3 Å². The molecule has 116 valence electrons. The first-order valence-electron chi connectivity index (χ1n) is 5.59. The van der Waals surface area contributed by atoms with Crippen LogP contribution in [0.2, 0.25) is 10.0 Å². The van der Waals surface area contributed by atoms with Crippen LogP contribution in [0.5, 0.6) is 0 Å². The van der Waals surface area contributed by atoms with E-state index < -0.39 is 17.4 Å². The van der Waals surface area contributed by atoms with E-state index in [1.165, 1.54) is 11.8 Å². The zero-order valence-electron chi connectivity index (χ0n) is 10.8. The molecule has 2 aromatic rings. The number of nitrogen functional groups attached to an aromatic ring is 1. The van der Waals surface area contributed by atoms with Gasteiger partial charge in [-0.25, -0.2) is 0 Å². The maximum absolute atomic E-state index is 12.9. The number of H-pyrrole nitrogens is 1. The van der Waals surface area contributed by atoms with Gasteiger partial charge in [-0.1, -0.05) is 23.2 Å². The van der Waals surface area contributed by atoms with Crippen molar-refractivity contribution in [1.29, 1.82) is 5.26 Å². The number of aromatic amines is 1. The number of hydrogen-bond donors (Lipinski definition) is 2. The quantitative estimate of drug-likeness (QED) is 0.602. The molecule has 1 aromatic carbocycles. The molecule has 0 unspecified atom stereocenters. The van der Waals surface area contributed by atoms with Crippen LogP contribution in [-0.4, -0.2) is 16.5 Å². The molecule has 0 aliphatic carbocycles. The van der Waals surface area contributed by atoms with Crippen molar-refractivity contribution in [2.24, 2.45) is 0 Å². The number of benzene rings is 1. The molecule has 0 aliphatic rings. The predicted molar refractivity (Wildman–Crippen MR) is 80.0 cm³/mol. The van der Waals surface area contributed by atoms with Gasteiger partial charge < -0.3 is 5.73 Å². The second kappa shape index (κ2) is 5.91. The fourth-order valence-corrected chi connectivity index (χ4v) is 3.15. The van der Waals surface area contributed by atoms with Crippen LogP contribution in [0, 0.1) is 11.3 Å². The Morgan fingerprint density at radius 1 is 1.41 bits per heavy atom. The highest BCUT2D eigenvalue weighted by molar-refractivity contribution is 7.98. The van der Waals surface area contributed by atoms with Crippen LogP contribution in [0.4, 0.5) is 18.9 Å². The summed E-state index contributed by atoms with van der Waals surface area (Å²) >= 11 is 13.1. The van der Waals surface area contributed by atoms with Crippen molar-refractivity contribution in [3.63, 3.8) is 0 Å². The summed E-state index contributed by atoms with van der Waals surface area (Å²) in [7, 11) is 0. The van der Waals surface area contributed by atoms with Gasteiger partial charge in [-0.2, -0.15) is 23.5 Å². The minimum atomic E-state index is -4.68. The summed E-state index contributed by atoms with van der Waals surface area (Å²) in [5.74, 6) is 0. The van der Waals surface area contributed by atoms with Crippen molar-refractivity contribution in [1.82, 2.24) is 10.2 Å². The first-order chi connectivity index (χ1) is 10.2. The molecule has 0 atom stereocenters. The number of anilines is 1. The standard InChI is InChI=1S/C12H7Cl2F3N4S/c1-22-11-6(3-18)20-21-10(11)7-5(13)2-4(12(15,16)17)9(19)8(7)14/h2H,19H2,1H3,(H,20,21). The zero-order chi connectivity index (χ0) is 16.7. The van der Waals surface area contributed by atoms with Gasteiger partial charge in [0.2, 0.25) is 0 Å². The largest absolute Gasteiger partial charge is 0.418 e. The lowest BCUT2D eigenvalue weighted by molar-refractivity contribution is -0.136. The minimum Gasteiger partial charge on any atom is -0.397 e. The molecule has 2 rings (SSSR count). The Labute approximate surface area is 137 Å². The van der Waals surface area contributed by atoms with Gasteiger partial charge in [-0.15, -0.1) is 11.8 Å². The first-order valence-corrected chi connectivity index (χ1v) is 7.57. The van der Waals surface area contributed by atoms with E-state index in [1.54, 1.807) is 6.26 Å². The van der Waals surface area contributed by atoms with Crippen LogP contribution in [0.25, 0.3) is 11.3 Å². The van der Waals surface area contributed by atoms with Gasteiger partial charge in [0.05, 0.1) is 31.9 Å². The Hall–Kier alpha value is -1.56. The maximum Gasteiger partial charge on any atom is 0.418 e. The molecule has 0 spiro atoms. The summed E-state index contributed by atoms with van der Waals surface area (Å²) in [6, 6.07) is 2.57. The lowest BCUT2D eigenvalue weighted by atomic mass is 10.1. The molecule has 0 fully saturated rings. The van der Waals surface area contributed by atoms with Crippen molar-refractivity contribution in [2.45, 2.75) is 11.1 Å². The highest BCUT2D eigenvalue weighted by atomic mass is 35.5. The highest BCUT2D eigenvalue weighted by Gasteiger charge is 2.36. The van der Waals surface area contributed by atoms with Crippen LogP contribution in [0.15, 0.2) is 11.0 Å². The summed E-state index contributed by atoms with van der Waals surface area (Å²) in [6.45, 7) is 0. The van der Waals surface area contributed by atoms with E-state index in [4.69, 9.17) is 34.2 Å². The molecule has 0 bridgehead atoms. The van der Waals surface area contributed by atoms with Gasteiger partial charge in [0.15, 0.2) is 5.69 Å². The Morgan fingerprint density at radius 2 is 2.05 bits per heavy atom. The number of nitriles is 1. The second-order valence-electron chi connectivity index (χ2n) is 4.10. The van der Waals surface area contributed by atoms with Gasteiger partial charge in [-0.3, -0.25) is 5.10 Å². The van der Waals surface area contributed by atoms with E-state index >= 15 is 0 Å². The van der Waals surface area contributed by atoms with Crippen molar-refractivity contribution >= 4 is 40.7 Å². The average Bonchev–Trinajstić information content (AvgIpc) is 2.84. The predicted octanol–water partition coefficient (Wildman–Crippen LogP) is 4.58. The Kier molecular flexibility index (Phi) is 4.52. The molecular formula is C12H7Cl2F3N4S. The number of rotatable bonds is 2. The highest BCUT2D eigenvalue weighted by Crippen LogP contribution is 2.46. The minimum absolute atomic E-state index is 0.0761. The van der Waals surface area contributed by atoms with Crippen LogP contribution < -0.4 is 5.73 Å². The third-order valence-electron chi connectivity index (χ3n) is 2.84. The van der Waals surface area contributed by atoms with Crippen LogP contribution in [-0.2, 0) is 6.18 Å². The van der Waals surface area contributed by atoms with Gasteiger partial charge in [0.1, 0.15) is 6.07 Å². The van der Waals surface area contributed by atoms with E-state index in [9.17, 15) is 13.2 Å². The molecule has 4 nitrogen and oxygen atoms in total. The molecule has 1 aromatic heterocycles. The lowest BCUT2D eigenvalue weighted by Gasteiger charge is -2.15. The normalized spacial score (nSPS) is 11.5. The van der Waals surface area contributed by atoms with Crippen molar-refractivity contribution in [2.75, 3.05) is 12.0 Å². The smallest absolute Gasteiger partial charge is 0.397 e. The van der Waals surface area contributed by atoms with Gasteiger partial charge in [0, 0.05) is 5.56 Å². The molecule has 1 heterocycles. The summed E-state index contributed by atoms with van der Waals surface area (Å²) in [5, 5.41) is 14.7. The fourth-order valence-electron chi connectivity index (χ4n) is 1.87. The molecule has 0 saturated carbocycles. The Bertz CT molecular complexity index is 780. The third-order valence-corrected chi connectivity index (χ3v) is 4.34. The molecule has 10 heteroatoms. The molecule has 22 heavy (non-hydrogen) atoms. The third kappa shape index (κ3) is 2.72. The monoisotopic (exact) mass is 366 g/mol. The summed E-state index contributed by atoms with van der Waals surface area (Å²) in [5.41, 5.74) is 4.16. The summed E-state index contributed by atoms with van der Waals surface area (Å²) in [6.07, 6.45) is -2.99. The Morgan fingerprint density at radius 3 is 2.55 bits per heavy atom. The summed E-state index contributed by atoms with van der Waals surface area (Å²) < 4.78 is 38.6. The van der Waals surface area contributed by atoms with Gasteiger partial charge >= 0.3 is 6.18 Å². The lowest BCUT2D eigenvalue weighted by Crippen LogP contribution is -2.10. The second-order valence-corrected chi connectivity index (χ2v) is 5.70. The Balaban J connectivity index is 2.77. The number of halogens is 5. The fraction of sp³-hybridized carbons (Fsp3) is 0.167. The SMILES string of the molecule is CSc1c(C#N)n[nH]c1-c1c(Cl)cc(C(F)(F)F)c(N)c1Cl. The molecule has 0 radical (unpaired) electrons. The molecular weight excluding hydrogens is 360 g/mol. The number of hydrogen-bond acceptors (Lipinski definition) is 4. The van der Waals surface area contributed by atoms with Crippen LogP contribution >= 0.6 is 35.0 Å². The maximum atomic E-state index is 12.9. The van der Waals surface area contributed by atoms with Gasteiger partial charge in [0.25, 0.3) is 0 Å². The topological polar surface area (TPSA) is 78.5 Å². The van der Waals surface area contributed by atoms with E-state index in [0.29, 0.717) is 11.0 Å². The molecule has 0 aliphatic heterocycles. The van der Waals surface area contributed by atoms with E-state index in [2.05, 4.69) is 10.2 Å². The number of alkyl halides is 3. The van der Waals surface area contributed by atoms with Crippen LogP contribution in [0.3, 0.4) is 0 Å². The molecule has 3 N–H and O–H groups in total. The molecule has 0 saturated heterocycles. The number of aromatic nitrogens is 2. The first kappa shape index (κ1) is 16.8. The van der Waals surface area contributed by atoms with Crippen LogP contribution in [0.1, 0.15) is 11.3 Å².